The van der Waals surface area contributed by atoms with Gasteiger partial charge in [-0.25, -0.2) is 0 Å². The predicted octanol–water partition coefficient (Wildman–Crippen LogP) is 2.56. The molecule has 3 aliphatic rings. The number of hydrogen-bond donors (Lipinski definition) is 1. The lowest BCUT2D eigenvalue weighted by molar-refractivity contribution is -0.136. The van der Waals surface area contributed by atoms with E-state index in [1.807, 2.05) is 0 Å². The molecule has 108 valence electrons. The Bertz CT molecular complexity index is 310. The van der Waals surface area contributed by atoms with Crippen molar-refractivity contribution in [3.05, 3.63) is 0 Å². The first kappa shape index (κ1) is 13.4. The van der Waals surface area contributed by atoms with E-state index in [2.05, 4.69) is 10.2 Å². The second-order valence-corrected chi connectivity index (χ2v) is 6.78. The van der Waals surface area contributed by atoms with Crippen molar-refractivity contribution < 1.29 is 4.79 Å². The fourth-order valence-corrected chi connectivity index (χ4v) is 4.31. The van der Waals surface area contributed by atoms with Crippen LogP contribution in [0.1, 0.15) is 57.8 Å². The highest BCUT2D eigenvalue weighted by atomic mass is 16.2. The number of nitrogens with one attached hydrogen (secondary N) is 1. The topological polar surface area (TPSA) is 32.3 Å². The summed E-state index contributed by atoms with van der Waals surface area (Å²) in [5.41, 5.74) is 0. The monoisotopic (exact) mass is 264 g/mol. The van der Waals surface area contributed by atoms with Crippen LogP contribution >= 0.6 is 0 Å². The van der Waals surface area contributed by atoms with Crippen molar-refractivity contribution in [3.8, 4) is 0 Å². The van der Waals surface area contributed by atoms with Crippen molar-refractivity contribution in [3.63, 3.8) is 0 Å². The third-order valence-electron chi connectivity index (χ3n) is 5.44. The molecule has 0 radical (unpaired) electrons. The lowest BCUT2D eigenvalue weighted by atomic mass is 9.90. The average Bonchev–Trinajstić information content (AvgIpc) is 2.76. The third-order valence-corrected chi connectivity index (χ3v) is 5.44. The maximum Gasteiger partial charge on any atom is 0.223 e. The second-order valence-electron chi connectivity index (χ2n) is 6.78. The number of carbonyl (C=O) groups excluding carboxylic acids is 1. The van der Waals surface area contributed by atoms with Crippen LogP contribution in [0.15, 0.2) is 0 Å². The van der Waals surface area contributed by atoms with Gasteiger partial charge in [0.15, 0.2) is 0 Å². The van der Waals surface area contributed by atoms with E-state index >= 15 is 0 Å². The Kier molecular flexibility index (Phi) is 4.42. The molecule has 2 unspecified atom stereocenters. The Labute approximate surface area is 117 Å². The molecule has 3 nitrogen and oxygen atoms in total. The normalized spacial score (nSPS) is 32.9. The van der Waals surface area contributed by atoms with Crippen LogP contribution in [0.4, 0.5) is 0 Å². The molecule has 3 rings (SSSR count). The van der Waals surface area contributed by atoms with Crippen LogP contribution in [0.25, 0.3) is 0 Å². The summed E-state index contributed by atoms with van der Waals surface area (Å²) >= 11 is 0. The number of piperidine rings is 1. The minimum atomic E-state index is 0.449. The summed E-state index contributed by atoms with van der Waals surface area (Å²) in [6.07, 6.45) is 11.3. The van der Waals surface area contributed by atoms with Gasteiger partial charge >= 0.3 is 0 Å². The summed E-state index contributed by atoms with van der Waals surface area (Å²) in [5, 5.41) is 3.47. The van der Waals surface area contributed by atoms with Gasteiger partial charge in [-0.15, -0.1) is 0 Å². The van der Waals surface area contributed by atoms with Gasteiger partial charge in [-0.05, 0) is 37.5 Å². The lowest BCUT2D eigenvalue weighted by Crippen LogP contribution is -2.48. The third kappa shape index (κ3) is 3.13. The molecule has 0 bridgehead atoms. The highest BCUT2D eigenvalue weighted by molar-refractivity contribution is 5.77. The van der Waals surface area contributed by atoms with E-state index in [0.29, 0.717) is 17.9 Å². The number of carbonyl (C=O) groups is 1. The first-order chi connectivity index (χ1) is 9.34. The molecule has 2 heterocycles. The van der Waals surface area contributed by atoms with Crippen LogP contribution in [0.2, 0.25) is 0 Å². The first-order valence-corrected chi connectivity index (χ1v) is 8.35. The van der Waals surface area contributed by atoms with Crippen molar-refractivity contribution in [2.24, 2.45) is 11.8 Å². The number of likely N-dealkylation sites (tertiary alicyclic amines) is 1. The van der Waals surface area contributed by atoms with Crippen LogP contribution in [0, 0.1) is 11.8 Å². The molecule has 1 amide bonds. The van der Waals surface area contributed by atoms with E-state index in [1.54, 1.807) is 0 Å². The molecule has 2 atom stereocenters. The number of fused-ring (bicyclic) bond motifs is 1. The average molecular weight is 264 g/mol. The van der Waals surface area contributed by atoms with Gasteiger partial charge in [-0.2, -0.15) is 0 Å². The summed E-state index contributed by atoms with van der Waals surface area (Å²) in [7, 11) is 0. The summed E-state index contributed by atoms with van der Waals surface area (Å²) in [6, 6.07) is 0.507. The van der Waals surface area contributed by atoms with Crippen LogP contribution in [0.5, 0.6) is 0 Å². The molecule has 0 aromatic rings. The quantitative estimate of drug-likeness (QED) is 0.777. The highest BCUT2D eigenvalue weighted by Crippen LogP contribution is 2.30. The van der Waals surface area contributed by atoms with Gasteiger partial charge in [0.25, 0.3) is 0 Å². The Morgan fingerprint density at radius 3 is 2.58 bits per heavy atom. The molecule has 1 aliphatic carbocycles. The van der Waals surface area contributed by atoms with Crippen molar-refractivity contribution in [1.29, 1.82) is 0 Å². The standard InChI is InChI=1S/C16H28N2O/c19-16(10-13-6-3-1-2-4-7-13)18-9-5-8-14-11-17-12-15(14)18/h13-15,17H,1-12H2. The first-order valence-electron chi connectivity index (χ1n) is 8.35. The van der Waals surface area contributed by atoms with Gasteiger partial charge in [0.05, 0.1) is 0 Å². The molecule has 0 spiro atoms. The van der Waals surface area contributed by atoms with Crippen LogP contribution in [0.3, 0.4) is 0 Å². The van der Waals surface area contributed by atoms with E-state index in [4.69, 9.17) is 0 Å². The number of rotatable bonds is 2. The zero-order valence-corrected chi connectivity index (χ0v) is 12.1. The fraction of sp³-hybridized carbons (Fsp3) is 0.938. The molecule has 0 aromatic heterocycles. The van der Waals surface area contributed by atoms with Gasteiger partial charge in [-0.3, -0.25) is 4.79 Å². The fourth-order valence-electron chi connectivity index (χ4n) is 4.31. The SMILES string of the molecule is O=C(CC1CCCCCC1)N1CCCC2CNCC21. The molecule has 1 N–H and O–H groups in total. The van der Waals surface area contributed by atoms with Crippen molar-refractivity contribution in [2.75, 3.05) is 19.6 Å². The van der Waals surface area contributed by atoms with Gasteiger partial charge in [0, 0.05) is 32.1 Å². The lowest BCUT2D eigenvalue weighted by Gasteiger charge is -2.37. The minimum absolute atomic E-state index is 0.449. The van der Waals surface area contributed by atoms with E-state index in [-0.39, 0.29) is 0 Å². The number of amides is 1. The highest BCUT2D eigenvalue weighted by Gasteiger charge is 2.37. The molecule has 3 heteroatoms. The van der Waals surface area contributed by atoms with Gasteiger partial charge in [0.2, 0.25) is 5.91 Å². The molecule has 0 aromatic carbocycles. The minimum Gasteiger partial charge on any atom is -0.338 e. The Balaban J connectivity index is 1.56. The number of nitrogens with zero attached hydrogens (tertiary/aromatic N) is 1. The van der Waals surface area contributed by atoms with Crippen LogP contribution in [-0.2, 0) is 4.79 Å². The predicted molar refractivity (Wildman–Crippen MR) is 76.9 cm³/mol. The maximum atomic E-state index is 12.6. The zero-order valence-electron chi connectivity index (χ0n) is 12.1. The summed E-state index contributed by atoms with van der Waals surface area (Å²) in [4.78, 5) is 14.8. The molecular weight excluding hydrogens is 236 g/mol. The Morgan fingerprint density at radius 1 is 1.00 bits per heavy atom. The molecule has 1 saturated carbocycles. The van der Waals surface area contributed by atoms with Crippen LogP contribution in [-0.4, -0.2) is 36.5 Å². The Hall–Kier alpha value is -0.570. The number of hydrogen-bond acceptors (Lipinski definition) is 2. The van der Waals surface area contributed by atoms with E-state index in [1.165, 1.54) is 51.4 Å². The van der Waals surface area contributed by atoms with Crippen molar-refractivity contribution in [2.45, 2.75) is 63.8 Å². The summed E-state index contributed by atoms with van der Waals surface area (Å²) < 4.78 is 0. The van der Waals surface area contributed by atoms with Gasteiger partial charge in [0.1, 0.15) is 0 Å². The smallest absolute Gasteiger partial charge is 0.223 e. The largest absolute Gasteiger partial charge is 0.338 e. The molecule has 2 aliphatic heterocycles. The summed E-state index contributed by atoms with van der Waals surface area (Å²) in [6.45, 7) is 3.16. The van der Waals surface area contributed by atoms with E-state index < -0.39 is 0 Å². The van der Waals surface area contributed by atoms with Gasteiger partial charge in [-0.1, -0.05) is 25.7 Å². The van der Waals surface area contributed by atoms with E-state index in [9.17, 15) is 4.79 Å². The van der Waals surface area contributed by atoms with Crippen molar-refractivity contribution >= 4 is 5.91 Å². The molecule has 2 saturated heterocycles. The van der Waals surface area contributed by atoms with Gasteiger partial charge < -0.3 is 10.2 Å². The summed E-state index contributed by atoms with van der Waals surface area (Å²) in [5.74, 6) is 1.85. The van der Waals surface area contributed by atoms with Crippen LogP contribution < -0.4 is 5.32 Å². The molecule has 3 fully saturated rings. The second kappa shape index (κ2) is 6.25. The van der Waals surface area contributed by atoms with Crippen molar-refractivity contribution in [1.82, 2.24) is 10.2 Å². The maximum absolute atomic E-state index is 12.6. The van der Waals surface area contributed by atoms with E-state index in [0.717, 1.165) is 32.0 Å². The molecule has 19 heavy (non-hydrogen) atoms. The zero-order chi connectivity index (χ0) is 13.1. The Morgan fingerprint density at radius 2 is 1.79 bits per heavy atom. The molecular formula is C16H28N2O.